The molecule has 1 heterocycles. The van der Waals surface area contributed by atoms with E-state index in [9.17, 15) is 4.79 Å². The van der Waals surface area contributed by atoms with Crippen LogP contribution < -0.4 is 10.1 Å². The molecule has 3 rings (SSSR count). The van der Waals surface area contributed by atoms with Gasteiger partial charge in [-0.2, -0.15) is 0 Å². The van der Waals surface area contributed by atoms with Gasteiger partial charge in [0.05, 0.1) is 10.0 Å². The van der Waals surface area contributed by atoms with Gasteiger partial charge in [-0.3, -0.25) is 4.79 Å². The summed E-state index contributed by atoms with van der Waals surface area (Å²) in [6.07, 6.45) is 0. The van der Waals surface area contributed by atoms with E-state index in [1.54, 1.807) is 30.3 Å². The Kier molecular flexibility index (Phi) is 5.55. The summed E-state index contributed by atoms with van der Waals surface area (Å²) in [5.74, 6) is 1.20. The molecule has 1 N–H and O–H groups in total. The summed E-state index contributed by atoms with van der Waals surface area (Å²) in [5.41, 5.74) is 2.64. The molecule has 4 nitrogen and oxygen atoms in total. The Morgan fingerprint density at radius 2 is 1.77 bits per heavy atom. The molecule has 2 aromatic carbocycles. The molecule has 0 bridgehead atoms. The third-order valence-corrected chi connectivity index (χ3v) is 4.57. The Labute approximate surface area is 161 Å². The lowest BCUT2D eigenvalue weighted by atomic mass is 10.1. The molecule has 0 atom stereocenters. The van der Waals surface area contributed by atoms with Crippen molar-refractivity contribution in [3.8, 4) is 5.75 Å². The van der Waals surface area contributed by atoms with E-state index in [1.807, 2.05) is 32.0 Å². The predicted octanol–water partition coefficient (Wildman–Crippen LogP) is 6.03. The van der Waals surface area contributed by atoms with Gasteiger partial charge in [0, 0.05) is 5.69 Å². The topological polar surface area (TPSA) is 51.5 Å². The lowest BCUT2D eigenvalue weighted by Crippen LogP contribution is -2.10. The lowest BCUT2D eigenvalue weighted by Gasteiger charge is -2.10. The van der Waals surface area contributed by atoms with E-state index in [-0.39, 0.29) is 18.3 Å². The van der Waals surface area contributed by atoms with Crippen molar-refractivity contribution in [2.75, 3.05) is 5.32 Å². The highest BCUT2D eigenvalue weighted by Gasteiger charge is 2.13. The zero-order valence-corrected chi connectivity index (χ0v) is 15.8. The fourth-order valence-electron chi connectivity index (χ4n) is 2.51. The minimum absolute atomic E-state index is 0.191. The van der Waals surface area contributed by atoms with Crippen LogP contribution in [0.5, 0.6) is 5.75 Å². The van der Waals surface area contributed by atoms with E-state index in [0.717, 1.165) is 16.9 Å². The monoisotopic (exact) mass is 389 g/mol. The van der Waals surface area contributed by atoms with Crippen molar-refractivity contribution in [1.82, 2.24) is 0 Å². The molecule has 0 radical (unpaired) electrons. The minimum Gasteiger partial charge on any atom is -0.485 e. The Morgan fingerprint density at radius 1 is 1.04 bits per heavy atom. The van der Waals surface area contributed by atoms with Gasteiger partial charge in [0.15, 0.2) is 5.76 Å². The second-order valence-electron chi connectivity index (χ2n) is 5.86. The Bertz CT molecular complexity index is 930. The Hall–Kier alpha value is -2.43. The predicted molar refractivity (Wildman–Crippen MR) is 103 cm³/mol. The number of furan rings is 1. The quantitative estimate of drug-likeness (QED) is 0.578. The highest BCUT2D eigenvalue weighted by Crippen LogP contribution is 2.26. The number of aryl methyl sites for hydroxylation is 2. The standard InChI is InChI=1S/C20H17Cl2NO3/c1-12-4-3-5-13(2)19(12)25-11-15-7-9-18(26-15)20(24)23-14-6-8-16(21)17(22)10-14/h3-10H,11H2,1-2H3,(H,23,24). The molecule has 1 amide bonds. The third-order valence-electron chi connectivity index (χ3n) is 3.83. The molecule has 0 fully saturated rings. The van der Waals surface area contributed by atoms with Crippen molar-refractivity contribution in [2.24, 2.45) is 0 Å². The van der Waals surface area contributed by atoms with Gasteiger partial charge < -0.3 is 14.5 Å². The maximum absolute atomic E-state index is 12.3. The maximum Gasteiger partial charge on any atom is 0.291 e. The molecule has 3 aromatic rings. The average molecular weight is 390 g/mol. The molecule has 0 saturated heterocycles. The first-order valence-corrected chi connectivity index (χ1v) is 8.74. The highest BCUT2D eigenvalue weighted by atomic mass is 35.5. The number of carbonyl (C=O) groups excluding carboxylic acids is 1. The molecule has 134 valence electrons. The summed E-state index contributed by atoms with van der Waals surface area (Å²) in [6, 6.07) is 14.1. The number of rotatable bonds is 5. The first-order valence-electron chi connectivity index (χ1n) is 7.98. The number of halogens is 2. The first-order chi connectivity index (χ1) is 12.4. The number of ether oxygens (including phenoxy) is 1. The van der Waals surface area contributed by atoms with Crippen LogP contribution in [0.1, 0.15) is 27.4 Å². The summed E-state index contributed by atoms with van der Waals surface area (Å²) in [6.45, 7) is 4.22. The number of para-hydroxylation sites is 1. The maximum atomic E-state index is 12.3. The molecule has 6 heteroatoms. The fraction of sp³-hybridized carbons (Fsp3) is 0.150. The molecule has 0 aliphatic rings. The SMILES string of the molecule is Cc1cccc(C)c1OCc1ccc(C(=O)Nc2ccc(Cl)c(Cl)c2)o1. The smallest absolute Gasteiger partial charge is 0.291 e. The van der Waals surface area contributed by atoms with Crippen LogP contribution in [0.2, 0.25) is 10.0 Å². The van der Waals surface area contributed by atoms with Crippen LogP contribution in [0, 0.1) is 13.8 Å². The second kappa shape index (κ2) is 7.85. The summed E-state index contributed by atoms with van der Waals surface area (Å²) < 4.78 is 11.4. The van der Waals surface area contributed by atoms with E-state index >= 15 is 0 Å². The van der Waals surface area contributed by atoms with Gasteiger partial charge >= 0.3 is 0 Å². The van der Waals surface area contributed by atoms with E-state index in [4.69, 9.17) is 32.4 Å². The number of amides is 1. The van der Waals surface area contributed by atoms with Crippen LogP contribution in [0.4, 0.5) is 5.69 Å². The minimum atomic E-state index is -0.373. The molecule has 1 aromatic heterocycles. The summed E-state index contributed by atoms with van der Waals surface area (Å²) >= 11 is 11.8. The van der Waals surface area contributed by atoms with Gasteiger partial charge in [-0.15, -0.1) is 0 Å². The number of hydrogen-bond donors (Lipinski definition) is 1. The van der Waals surface area contributed by atoms with Crippen LogP contribution in [0.15, 0.2) is 52.9 Å². The van der Waals surface area contributed by atoms with E-state index in [1.165, 1.54) is 0 Å². The highest BCUT2D eigenvalue weighted by molar-refractivity contribution is 6.42. The van der Waals surface area contributed by atoms with Crippen molar-refractivity contribution in [1.29, 1.82) is 0 Å². The number of nitrogens with one attached hydrogen (secondary N) is 1. The summed E-state index contributed by atoms with van der Waals surface area (Å²) in [7, 11) is 0. The second-order valence-corrected chi connectivity index (χ2v) is 6.67. The summed E-state index contributed by atoms with van der Waals surface area (Å²) in [5, 5.41) is 3.51. The first kappa shape index (κ1) is 18.4. The van der Waals surface area contributed by atoms with Gasteiger partial charge in [0.1, 0.15) is 18.1 Å². The molecule has 26 heavy (non-hydrogen) atoms. The van der Waals surface area contributed by atoms with Crippen LogP contribution in [-0.4, -0.2) is 5.91 Å². The van der Waals surface area contributed by atoms with E-state index in [0.29, 0.717) is 21.5 Å². The normalized spacial score (nSPS) is 10.6. The molecule has 0 aliphatic carbocycles. The number of anilines is 1. The van der Waals surface area contributed by atoms with Crippen molar-refractivity contribution in [3.05, 3.63) is 81.2 Å². The van der Waals surface area contributed by atoms with Gasteiger partial charge in [-0.05, 0) is 55.3 Å². The Morgan fingerprint density at radius 3 is 2.46 bits per heavy atom. The van der Waals surface area contributed by atoms with Crippen LogP contribution in [-0.2, 0) is 6.61 Å². The van der Waals surface area contributed by atoms with Crippen LogP contribution in [0.3, 0.4) is 0 Å². The number of carbonyl (C=O) groups is 1. The van der Waals surface area contributed by atoms with Crippen molar-refractivity contribution < 1.29 is 13.9 Å². The van der Waals surface area contributed by atoms with E-state index < -0.39 is 0 Å². The third kappa shape index (κ3) is 4.21. The van der Waals surface area contributed by atoms with Crippen molar-refractivity contribution in [3.63, 3.8) is 0 Å². The summed E-state index contributed by atoms with van der Waals surface area (Å²) in [4.78, 5) is 12.3. The van der Waals surface area contributed by atoms with Crippen molar-refractivity contribution >= 4 is 34.8 Å². The van der Waals surface area contributed by atoms with Crippen molar-refractivity contribution in [2.45, 2.75) is 20.5 Å². The molecule has 0 spiro atoms. The Balaban J connectivity index is 1.65. The lowest BCUT2D eigenvalue weighted by molar-refractivity contribution is 0.0992. The molecule has 0 saturated carbocycles. The van der Waals surface area contributed by atoms with Gasteiger partial charge in [-0.1, -0.05) is 41.4 Å². The van der Waals surface area contributed by atoms with E-state index in [2.05, 4.69) is 5.32 Å². The van der Waals surface area contributed by atoms with Crippen LogP contribution >= 0.6 is 23.2 Å². The number of hydrogen-bond acceptors (Lipinski definition) is 3. The number of benzene rings is 2. The molecular formula is C20H17Cl2NO3. The molecular weight excluding hydrogens is 373 g/mol. The molecule has 0 aliphatic heterocycles. The zero-order chi connectivity index (χ0) is 18.7. The fourth-order valence-corrected chi connectivity index (χ4v) is 2.81. The van der Waals surface area contributed by atoms with Gasteiger partial charge in [-0.25, -0.2) is 0 Å². The van der Waals surface area contributed by atoms with Gasteiger partial charge in [0.2, 0.25) is 0 Å². The largest absolute Gasteiger partial charge is 0.485 e. The van der Waals surface area contributed by atoms with Gasteiger partial charge in [0.25, 0.3) is 5.91 Å². The van der Waals surface area contributed by atoms with Crippen LogP contribution in [0.25, 0.3) is 0 Å². The zero-order valence-electron chi connectivity index (χ0n) is 14.3. The molecule has 0 unspecified atom stereocenters. The average Bonchev–Trinajstić information content (AvgIpc) is 3.07.